The molecule has 4 heteroatoms. The molecule has 0 spiro atoms. The van der Waals surface area contributed by atoms with Crippen LogP contribution in [0.3, 0.4) is 0 Å². The SMILES string of the molecule is COCC(C)(CO)Nc1ccccc1Br. The molecule has 0 aromatic heterocycles. The lowest BCUT2D eigenvalue weighted by Gasteiger charge is -2.29. The van der Waals surface area contributed by atoms with E-state index in [1.54, 1.807) is 7.11 Å². The van der Waals surface area contributed by atoms with Crippen LogP contribution in [0.5, 0.6) is 0 Å². The molecule has 3 nitrogen and oxygen atoms in total. The van der Waals surface area contributed by atoms with Crippen molar-refractivity contribution in [1.82, 2.24) is 0 Å². The smallest absolute Gasteiger partial charge is 0.0809 e. The Balaban J connectivity index is 2.79. The van der Waals surface area contributed by atoms with Gasteiger partial charge in [-0.3, -0.25) is 0 Å². The maximum absolute atomic E-state index is 9.31. The van der Waals surface area contributed by atoms with E-state index in [9.17, 15) is 5.11 Å². The number of halogens is 1. The first-order valence-electron chi connectivity index (χ1n) is 4.74. The minimum atomic E-state index is -0.460. The summed E-state index contributed by atoms with van der Waals surface area (Å²) in [4.78, 5) is 0. The number of methoxy groups -OCH3 is 1. The van der Waals surface area contributed by atoms with Crippen molar-refractivity contribution < 1.29 is 9.84 Å². The second kappa shape index (κ2) is 5.49. The van der Waals surface area contributed by atoms with Crippen LogP contribution in [0.2, 0.25) is 0 Å². The van der Waals surface area contributed by atoms with Crippen LogP contribution in [0.25, 0.3) is 0 Å². The summed E-state index contributed by atoms with van der Waals surface area (Å²) in [6.45, 7) is 2.38. The number of benzene rings is 1. The van der Waals surface area contributed by atoms with Crippen LogP contribution in [0, 0.1) is 0 Å². The lowest BCUT2D eigenvalue weighted by molar-refractivity contribution is 0.108. The van der Waals surface area contributed by atoms with Crippen LogP contribution >= 0.6 is 15.9 Å². The summed E-state index contributed by atoms with van der Waals surface area (Å²) >= 11 is 3.44. The molecule has 1 aromatic carbocycles. The second-order valence-electron chi connectivity index (χ2n) is 3.76. The summed E-state index contributed by atoms with van der Waals surface area (Å²) in [6, 6.07) is 7.79. The van der Waals surface area contributed by atoms with E-state index in [2.05, 4.69) is 21.2 Å². The molecule has 1 atom stereocenters. The third-order valence-electron chi connectivity index (χ3n) is 2.12. The summed E-state index contributed by atoms with van der Waals surface area (Å²) in [5.74, 6) is 0. The second-order valence-corrected chi connectivity index (χ2v) is 4.61. The number of aliphatic hydroxyl groups excluding tert-OH is 1. The van der Waals surface area contributed by atoms with Gasteiger partial charge in [-0.2, -0.15) is 0 Å². The summed E-state index contributed by atoms with van der Waals surface area (Å²) in [5.41, 5.74) is 0.490. The molecular weight excluding hydrogens is 258 g/mol. The first-order chi connectivity index (χ1) is 7.11. The van der Waals surface area contributed by atoms with Crippen LogP contribution in [0.15, 0.2) is 28.7 Å². The Morgan fingerprint density at radius 3 is 2.67 bits per heavy atom. The van der Waals surface area contributed by atoms with Gasteiger partial charge < -0.3 is 15.2 Å². The fourth-order valence-corrected chi connectivity index (χ4v) is 1.71. The van der Waals surface area contributed by atoms with Crippen LogP contribution < -0.4 is 5.32 Å². The fourth-order valence-electron chi connectivity index (χ4n) is 1.33. The van der Waals surface area contributed by atoms with E-state index in [4.69, 9.17) is 4.74 Å². The molecule has 0 radical (unpaired) electrons. The van der Waals surface area contributed by atoms with Gasteiger partial charge in [0.05, 0.1) is 18.8 Å². The highest BCUT2D eigenvalue weighted by atomic mass is 79.9. The maximum Gasteiger partial charge on any atom is 0.0809 e. The Bertz CT molecular complexity index is 319. The van der Waals surface area contributed by atoms with Crippen molar-refractivity contribution >= 4 is 21.6 Å². The van der Waals surface area contributed by atoms with E-state index in [1.165, 1.54) is 0 Å². The minimum absolute atomic E-state index is 0.0160. The van der Waals surface area contributed by atoms with Gasteiger partial charge in [0, 0.05) is 17.3 Å². The predicted molar refractivity (Wildman–Crippen MR) is 65.1 cm³/mol. The first kappa shape index (κ1) is 12.5. The first-order valence-corrected chi connectivity index (χ1v) is 5.53. The van der Waals surface area contributed by atoms with E-state index in [-0.39, 0.29) is 6.61 Å². The molecule has 1 aromatic rings. The van der Waals surface area contributed by atoms with E-state index >= 15 is 0 Å². The number of rotatable bonds is 5. The average molecular weight is 274 g/mol. The largest absolute Gasteiger partial charge is 0.394 e. The molecule has 0 saturated heterocycles. The Morgan fingerprint density at radius 2 is 2.13 bits per heavy atom. The van der Waals surface area contributed by atoms with Crippen LogP contribution in [0.4, 0.5) is 5.69 Å². The van der Waals surface area contributed by atoms with Crippen molar-refractivity contribution in [3.63, 3.8) is 0 Å². The lowest BCUT2D eigenvalue weighted by Crippen LogP contribution is -2.43. The van der Waals surface area contributed by atoms with Crippen LogP contribution in [0.1, 0.15) is 6.92 Å². The Kier molecular flexibility index (Phi) is 4.57. The van der Waals surface area contributed by atoms with Gasteiger partial charge in [-0.05, 0) is 35.0 Å². The monoisotopic (exact) mass is 273 g/mol. The highest BCUT2D eigenvalue weighted by molar-refractivity contribution is 9.10. The highest BCUT2D eigenvalue weighted by Gasteiger charge is 2.23. The van der Waals surface area contributed by atoms with Crippen molar-refractivity contribution in [2.75, 3.05) is 25.6 Å². The van der Waals surface area contributed by atoms with E-state index in [0.717, 1.165) is 10.2 Å². The molecule has 0 fully saturated rings. The van der Waals surface area contributed by atoms with Crippen LogP contribution in [-0.2, 0) is 4.74 Å². The number of ether oxygens (including phenoxy) is 1. The molecule has 0 amide bonds. The van der Waals surface area contributed by atoms with Gasteiger partial charge in [-0.25, -0.2) is 0 Å². The number of anilines is 1. The zero-order chi connectivity index (χ0) is 11.3. The van der Waals surface area contributed by atoms with Gasteiger partial charge in [-0.1, -0.05) is 12.1 Å². The zero-order valence-corrected chi connectivity index (χ0v) is 10.5. The third-order valence-corrected chi connectivity index (χ3v) is 2.81. The quantitative estimate of drug-likeness (QED) is 0.865. The molecular formula is C11H16BrNO2. The van der Waals surface area contributed by atoms with Crippen molar-refractivity contribution in [2.24, 2.45) is 0 Å². The normalized spacial score (nSPS) is 14.7. The topological polar surface area (TPSA) is 41.5 Å². The van der Waals surface area contributed by atoms with E-state index in [0.29, 0.717) is 6.61 Å². The van der Waals surface area contributed by atoms with Crippen molar-refractivity contribution in [3.05, 3.63) is 28.7 Å². The van der Waals surface area contributed by atoms with Crippen molar-refractivity contribution in [1.29, 1.82) is 0 Å². The van der Waals surface area contributed by atoms with Gasteiger partial charge in [0.2, 0.25) is 0 Å². The molecule has 1 rings (SSSR count). The Morgan fingerprint density at radius 1 is 1.47 bits per heavy atom. The molecule has 15 heavy (non-hydrogen) atoms. The van der Waals surface area contributed by atoms with E-state index < -0.39 is 5.54 Å². The predicted octanol–water partition coefficient (Wildman–Crippen LogP) is 2.26. The molecule has 0 aliphatic heterocycles. The molecule has 2 N–H and O–H groups in total. The minimum Gasteiger partial charge on any atom is -0.394 e. The molecule has 0 aliphatic carbocycles. The number of aliphatic hydroxyl groups is 1. The molecule has 0 saturated carbocycles. The highest BCUT2D eigenvalue weighted by Crippen LogP contribution is 2.24. The Labute approximate surface area is 98.6 Å². The summed E-state index contributed by atoms with van der Waals surface area (Å²) in [5, 5.41) is 12.6. The maximum atomic E-state index is 9.31. The molecule has 0 bridgehead atoms. The standard InChI is InChI=1S/C11H16BrNO2/c1-11(7-14,8-15-2)13-10-6-4-3-5-9(10)12/h3-6,13-14H,7-8H2,1-2H3. The molecule has 1 unspecified atom stereocenters. The molecule has 0 heterocycles. The van der Waals surface area contributed by atoms with Gasteiger partial charge in [0.1, 0.15) is 0 Å². The number of para-hydroxylation sites is 1. The van der Waals surface area contributed by atoms with Gasteiger partial charge in [-0.15, -0.1) is 0 Å². The number of hydrogen-bond acceptors (Lipinski definition) is 3. The van der Waals surface area contributed by atoms with Gasteiger partial charge >= 0.3 is 0 Å². The van der Waals surface area contributed by atoms with E-state index in [1.807, 2.05) is 31.2 Å². The van der Waals surface area contributed by atoms with Gasteiger partial charge in [0.25, 0.3) is 0 Å². The third kappa shape index (κ3) is 3.48. The molecule has 0 aliphatic rings. The summed E-state index contributed by atoms with van der Waals surface area (Å²) in [7, 11) is 1.62. The van der Waals surface area contributed by atoms with Crippen molar-refractivity contribution in [3.8, 4) is 0 Å². The van der Waals surface area contributed by atoms with Crippen LogP contribution in [-0.4, -0.2) is 31.0 Å². The zero-order valence-electron chi connectivity index (χ0n) is 8.96. The fraction of sp³-hybridized carbons (Fsp3) is 0.455. The molecule has 84 valence electrons. The number of hydrogen-bond donors (Lipinski definition) is 2. The average Bonchev–Trinajstić information content (AvgIpc) is 2.22. The van der Waals surface area contributed by atoms with Crippen molar-refractivity contribution in [2.45, 2.75) is 12.5 Å². The Hall–Kier alpha value is -0.580. The number of nitrogens with one attached hydrogen (secondary N) is 1. The van der Waals surface area contributed by atoms with Gasteiger partial charge in [0.15, 0.2) is 0 Å². The summed E-state index contributed by atoms with van der Waals surface area (Å²) < 4.78 is 6.05. The lowest BCUT2D eigenvalue weighted by atomic mass is 10.0. The summed E-state index contributed by atoms with van der Waals surface area (Å²) in [6.07, 6.45) is 0.